The lowest BCUT2D eigenvalue weighted by Gasteiger charge is -2.26. The van der Waals surface area contributed by atoms with Gasteiger partial charge < -0.3 is 5.32 Å². The molecule has 1 rings (SSSR count). The summed E-state index contributed by atoms with van der Waals surface area (Å²) in [6, 6.07) is 3.56. The Kier molecular flexibility index (Phi) is 3.56. The van der Waals surface area contributed by atoms with Gasteiger partial charge in [-0.25, -0.2) is 4.39 Å². The van der Waals surface area contributed by atoms with Crippen molar-refractivity contribution < 1.29 is 4.39 Å². The molecule has 1 nitrogen and oxygen atoms in total. The number of halogens is 1. The van der Waals surface area contributed by atoms with E-state index in [0.717, 1.165) is 16.8 Å². The molecule has 0 radical (unpaired) electrons. The van der Waals surface area contributed by atoms with Crippen LogP contribution in [-0.2, 0) is 5.41 Å². The number of nitrogens with one attached hydrogen (secondary N) is 1. The van der Waals surface area contributed by atoms with Gasteiger partial charge in [0.1, 0.15) is 5.82 Å². The van der Waals surface area contributed by atoms with Gasteiger partial charge in [0.15, 0.2) is 0 Å². The average molecular weight is 237 g/mol. The number of anilines is 1. The molecule has 0 atom stereocenters. The van der Waals surface area contributed by atoms with Crippen molar-refractivity contribution in [1.82, 2.24) is 0 Å². The van der Waals surface area contributed by atoms with E-state index >= 15 is 0 Å². The quantitative estimate of drug-likeness (QED) is 0.750. The highest BCUT2D eigenvalue weighted by Crippen LogP contribution is 2.30. The molecule has 0 bridgehead atoms. The van der Waals surface area contributed by atoms with Gasteiger partial charge in [0.05, 0.1) is 0 Å². The number of aryl methyl sites for hydroxylation is 1. The van der Waals surface area contributed by atoms with Gasteiger partial charge in [-0.1, -0.05) is 26.8 Å². The molecular weight excluding hydrogens is 213 g/mol. The molecule has 1 N–H and O–H groups in total. The molecule has 2 heteroatoms. The Morgan fingerprint density at radius 3 is 1.94 bits per heavy atom. The van der Waals surface area contributed by atoms with E-state index in [-0.39, 0.29) is 16.8 Å². The van der Waals surface area contributed by atoms with Gasteiger partial charge in [0.25, 0.3) is 0 Å². The molecule has 96 valence electrons. The van der Waals surface area contributed by atoms with E-state index in [9.17, 15) is 4.39 Å². The second kappa shape index (κ2) is 4.32. The largest absolute Gasteiger partial charge is 0.380 e. The molecule has 1 aromatic carbocycles. The Labute approximate surface area is 104 Å². The van der Waals surface area contributed by atoms with Crippen LogP contribution in [-0.4, -0.2) is 5.54 Å². The van der Waals surface area contributed by atoms with Crippen LogP contribution in [0.15, 0.2) is 12.1 Å². The Morgan fingerprint density at radius 1 is 1.00 bits per heavy atom. The van der Waals surface area contributed by atoms with Crippen LogP contribution >= 0.6 is 0 Å². The maximum Gasteiger partial charge on any atom is 0.129 e. The molecule has 17 heavy (non-hydrogen) atoms. The van der Waals surface area contributed by atoms with Crippen molar-refractivity contribution in [3.05, 3.63) is 29.1 Å². The molecule has 0 unspecified atom stereocenters. The van der Waals surface area contributed by atoms with Gasteiger partial charge in [0.2, 0.25) is 0 Å². The predicted octanol–water partition coefficient (Wildman–Crippen LogP) is 4.64. The molecule has 0 aliphatic carbocycles. The van der Waals surface area contributed by atoms with Crippen LogP contribution in [0.5, 0.6) is 0 Å². The van der Waals surface area contributed by atoms with Crippen LogP contribution < -0.4 is 5.32 Å². The van der Waals surface area contributed by atoms with Crippen molar-refractivity contribution >= 4 is 5.69 Å². The lowest BCUT2D eigenvalue weighted by molar-refractivity contribution is 0.522. The molecule has 0 aromatic heterocycles. The van der Waals surface area contributed by atoms with Gasteiger partial charge in [-0.2, -0.15) is 0 Å². The zero-order valence-corrected chi connectivity index (χ0v) is 12.0. The molecule has 0 saturated carbocycles. The summed E-state index contributed by atoms with van der Waals surface area (Å²) in [7, 11) is 0. The highest BCUT2D eigenvalue weighted by atomic mass is 19.1. The summed E-state index contributed by atoms with van der Waals surface area (Å²) in [4.78, 5) is 0. The maximum atomic E-state index is 14.1. The lowest BCUT2D eigenvalue weighted by atomic mass is 9.85. The fourth-order valence-electron chi connectivity index (χ4n) is 1.79. The number of hydrogen-bond acceptors (Lipinski definition) is 1. The van der Waals surface area contributed by atoms with Crippen molar-refractivity contribution in [1.29, 1.82) is 0 Å². The normalized spacial score (nSPS) is 12.7. The van der Waals surface area contributed by atoms with Crippen molar-refractivity contribution in [2.24, 2.45) is 0 Å². The Balaban J connectivity index is 3.19. The summed E-state index contributed by atoms with van der Waals surface area (Å²) in [6.07, 6.45) is 0. The maximum absolute atomic E-state index is 14.1. The topological polar surface area (TPSA) is 12.0 Å². The second-order valence-corrected chi connectivity index (χ2v) is 6.77. The van der Waals surface area contributed by atoms with E-state index in [1.807, 2.05) is 33.8 Å². The van der Waals surface area contributed by atoms with Crippen LogP contribution in [0.25, 0.3) is 0 Å². The first-order chi connectivity index (χ1) is 7.50. The Bertz CT molecular complexity index is 408. The SMILES string of the molecule is Cc1cc(C(C)(C)C)c(F)cc1NC(C)(C)C. The van der Waals surface area contributed by atoms with Crippen LogP contribution in [0.2, 0.25) is 0 Å². The summed E-state index contributed by atoms with van der Waals surface area (Å²) < 4.78 is 14.1. The molecule has 0 spiro atoms. The number of rotatable bonds is 1. The summed E-state index contributed by atoms with van der Waals surface area (Å²) in [5, 5.41) is 3.33. The molecule has 0 saturated heterocycles. The van der Waals surface area contributed by atoms with E-state index in [4.69, 9.17) is 0 Å². The smallest absolute Gasteiger partial charge is 0.129 e. The van der Waals surface area contributed by atoms with E-state index in [2.05, 4.69) is 26.1 Å². The van der Waals surface area contributed by atoms with Crippen LogP contribution in [0.4, 0.5) is 10.1 Å². The van der Waals surface area contributed by atoms with Crippen molar-refractivity contribution in [2.75, 3.05) is 5.32 Å². The van der Waals surface area contributed by atoms with Crippen LogP contribution in [0.1, 0.15) is 52.7 Å². The van der Waals surface area contributed by atoms with E-state index < -0.39 is 0 Å². The minimum absolute atomic E-state index is 0.0551. The van der Waals surface area contributed by atoms with Gasteiger partial charge >= 0.3 is 0 Å². The first kappa shape index (κ1) is 14.0. The van der Waals surface area contributed by atoms with Gasteiger partial charge in [-0.05, 0) is 50.3 Å². The van der Waals surface area contributed by atoms with Crippen LogP contribution in [0, 0.1) is 12.7 Å². The molecule has 1 aromatic rings. The molecule has 0 amide bonds. The molecule has 0 aliphatic heterocycles. The third-order valence-electron chi connectivity index (χ3n) is 2.63. The van der Waals surface area contributed by atoms with E-state index in [1.54, 1.807) is 6.07 Å². The highest BCUT2D eigenvalue weighted by molar-refractivity contribution is 5.54. The Morgan fingerprint density at radius 2 is 1.53 bits per heavy atom. The summed E-state index contributed by atoms with van der Waals surface area (Å²) in [6.45, 7) is 14.3. The van der Waals surface area contributed by atoms with Crippen molar-refractivity contribution in [2.45, 2.75) is 59.4 Å². The van der Waals surface area contributed by atoms with E-state index in [0.29, 0.717) is 0 Å². The van der Waals surface area contributed by atoms with Crippen molar-refractivity contribution in [3.8, 4) is 0 Å². The standard InChI is InChI=1S/C15H24FN/c1-10-8-11(14(2,3)4)12(16)9-13(10)17-15(5,6)7/h8-9,17H,1-7H3. The lowest BCUT2D eigenvalue weighted by Crippen LogP contribution is -2.27. The van der Waals surface area contributed by atoms with Crippen LogP contribution in [0.3, 0.4) is 0 Å². The summed E-state index contributed by atoms with van der Waals surface area (Å²) in [5.41, 5.74) is 2.53. The summed E-state index contributed by atoms with van der Waals surface area (Å²) in [5.74, 6) is -0.130. The fraction of sp³-hybridized carbons (Fsp3) is 0.600. The highest BCUT2D eigenvalue weighted by Gasteiger charge is 2.21. The predicted molar refractivity (Wildman–Crippen MR) is 73.2 cm³/mol. The number of hydrogen-bond donors (Lipinski definition) is 1. The third-order valence-corrected chi connectivity index (χ3v) is 2.63. The van der Waals surface area contributed by atoms with Gasteiger partial charge in [-0.3, -0.25) is 0 Å². The fourth-order valence-corrected chi connectivity index (χ4v) is 1.79. The molecule has 0 aliphatic rings. The average Bonchev–Trinajstić information content (AvgIpc) is 2.06. The molecule has 0 fully saturated rings. The van der Waals surface area contributed by atoms with Gasteiger partial charge in [0, 0.05) is 11.2 Å². The minimum atomic E-state index is -0.158. The third kappa shape index (κ3) is 3.72. The first-order valence-electron chi connectivity index (χ1n) is 6.09. The number of benzene rings is 1. The van der Waals surface area contributed by atoms with Gasteiger partial charge in [-0.15, -0.1) is 0 Å². The van der Waals surface area contributed by atoms with Crippen molar-refractivity contribution in [3.63, 3.8) is 0 Å². The zero-order valence-electron chi connectivity index (χ0n) is 12.0. The second-order valence-electron chi connectivity index (χ2n) is 6.77. The molecule has 0 heterocycles. The first-order valence-corrected chi connectivity index (χ1v) is 6.09. The zero-order chi connectivity index (χ0) is 13.4. The Hall–Kier alpha value is -1.05. The monoisotopic (exact) mass is 237 g/mol. The van der Waals surface area contributed by atoms with E-state index in [1.165, 1.54) is 0 Å². The molecular formula is C15H24FN. The summed E-state index contributed by atoms with van der Waals surface area (Å²) >= 11 is 0. The minimum Gasteiger partial charge on any atom is -0.380 e.